The van der Waals surface area contributed by atoms with E-state index in [1.807, 2.05) is 0 Å². The second-order valence-electron chi connectivity index (χ2n) is 4.42. The maximum Gasteiger partial charge on any atom is 0.317 e. The van der Waals surface area contributed by atoms with Crippen molar-refractivity contribution in [3.63, 3.8) is 0 Å². The highest BCUT2D eigenvalue weighted by Crippen LogP contribution is 2.63. The van der Waals surface area contributed by atoms with Crippen LogP contribution in [0.15, 0.2) is 0 Å². The van der Waals surface area contributed by atoms with Gasteiger partial charge in [0.1, 0.15) is 0 Å². The van der Waals surface area contributed by atoms with Crippen molar-refractivity contribution in [1.82, 2.24) is 0 Å². The van der Waals surface area contributed by atoms with Crippen molar-refractivity contribution < 1.29 is 19.1 Å². The van der Waals surface area contributed by atoms with Gasteiger partial charge in [-0.1, -0.05) is 0 Å². The fourth-order valence-electron chi connectivity index (χ4n) is 3.52. The molecule has 0 N–H and O–H groups in total. The van der Waals surface area contributed by atoms with E-state index < -0.39 is 0 Å². The third kappa shape index (κ3) is 0.544. The largest absolute Gasteiger partial charge is 0.393 e. The third-order valence-electron chi connectivity index (χ3n) is 4.00. The third-order valence-corrected chi connectivity index (χ3v) is 4.00. The van der Waals surface area contributed by atoms with Crippen LogP contribution in [0.4, 0.5) is 0 Å². The van der Waals surface area contributed by atoms with E-state index in [-0.39, 0.29) is 47.8 Å². The number of esters is 2. The molecule has 68 valence electrons. The first-order chi connectivity index (χ1) is 6.27. The van der Waals surface area contributed by atoms with Crippen molar-refractivity contribution in [2.75, 3.05) is 0 Å². The predicted octanol–water partition coefficient (Wildman–Crippen LogP) is -0.281. The molecule has 2 aliphatic heterocycles. The molecule has 2 bridgehead atoms. The van der Waals surface area contributed by atoms with Gasteiger partial charge in [0.05, 0.1) is 24.0 Å². The van der Waals surface area contributed by atoms with Gasteiger partial charge >= 0.3 is 11.9 Å². The van der Waals surface area contributed by atoms with Crippen LogP contribution in [0.3, 0.4) is 0 Å². The molecule has 0 amide bonds. The number of carbonyl (C=O) groups is 2. The average Bonchev–Trinajstić information content (AvgIpc) is 2.58. The van der Waals surface area contributed by atoms with Crippen molar-refractivity contribution in [2.45, 2.75) is 18.6 Å². The molecule has 4 rings (SSSR count). The molecule has 2 saturated heterocycles. The Morgan fingerprint density at radius 1 is 1.00 bits per heavy atom. The highest BCUT2D eigenvalue weighted by Gasteiger charge is 2.73. The normalized spacial score (nSPS) is 60.6. The molecule has 4 nitrogen and oxygen atoms in total. The molecule has 4 fully saturated rings. The topological polar surface area (TPSA) is 55.9 Å². The smallest absolute Gasteiger partial charge is 0.317 e. The Hall–Kier alpha value is -0.900. The summed E-state index contributed by atoms with van der Waals surface area (Å²) in [5, 5.41) is 0. The summed E-state index contributed by atoms with van der Waals surface area (Å²) in [6.45, 7) is 0. The Bertz CT molecular complexity index is 307. The lowest BCUT2D eigenvalue weighted by Crippen LogP contribution is -2.29. The molecule has 0 aromatic rings. The van der Waals surface area contributed by atoms with E-state index in [1.165, 1.54) is 0 Å². The van der Waals surface area contributed by atoms with Crippen molar-refractivity contribution in [2.24, 2.45) is 23.7 Å². The predicted molar refractivity (Wildman–Crippen MR) is 38.3 cm³/mol. The Balaban J connectivity index is 1.84. The Kier molecular flexibility index (Phi) is 0.836. The maximum absolute atomic E-state index is 11.3. The summed E-state index contributed by atoms with van der Waals surface area (Å²) in [6.07, 6.45) is 1.53. The molecular weight excluding hydrogens is 172 g/mol. The van der Waals surface area contributed by atoms with E-state index in [9.17, 15) is 9.59 Å². The monoisotopic (exact) mass is 180 g/mol. The van der Waals surface area contributed by atoms with Crippen LogP contribution in [0, 0.1) is 23.7 Å². The molecule has 6 atom stereocenters. The molecule has 4 aliphatic rings. The van der Waals surface area contributed by atoms with E-state index in [1.54, 1.807) is 0 Å². The van der Waals surface area contributed by atoms with Gasteiger partial charge in [0, 0.05) is 11.8 Å². The van der Waals surface area contributed by atoms with Crippen LogP contribution in [0.2, 0.25) is 0 Å². The number of carbonyl (C=O) groups excluding carboxylic acids is 2. The molecule has 2 saturated carbocycles. The fraction of sp³-hybridized carbons (Fsp3) is 0.778. The zero-order valence-corrected chi connectivity index (χ0v) is 6.80. The number of ether oxygens (including phenoxy) is 2. The van der Waals surface area contributed by atoms with Gasteiger partial charge in [-0.25, -0.2) is 0 Å². The molecule has 2 unspecified atom stereocenters. The standard InChI is InChI=1S/C9H8O4/c10-8-4-2-1-3(7-6(2)12-7)5(4)9(11)13-8/h2-7H,1H2/t2-,3+,4-,5+,6?,7?. The number of epoxide rings is 1. The van der Waals surface area contributed by atoms with Gasteiger partial charge < -0.3 is 9.47 Å². The first-order valence-electron chi connectivity index (χ1n) is 4.68. The molecular formula is C9H8O4. The van der Waals surface area contributed by atoms with Crippen molar-refractivity contribution in [1.29, 1.82) is 0 Å². The van der Waals surface area contributed by atoms with Crippen molar-refractivity contribution in [3.8, 4) is 0 Å². The van der Waals surface area contributed by atoms with Crippen molar-refractivity contribution >= 4 is 11.9 Å². The summed E-state index contributed by atoms with van der Waals surface area (Å²) in [7, 11) is 0. The van der Waals surface area contributed by atoms with Gasteiger partial charge in [-0.15, -0.1) is 0 Å². The van der Waals surface area contributed by atoms with Crippen LogP contribution >= 0.6 is 0 Å². The Labute approximate surface area is 74.2 Å². The van der Waals surface area contributed by atoms with Crippen LogP contribution in [0.1, 0.15) is 6.42 Å². The summed E-state index contributed by atoms with van der Waals surface area (Å²) >= 11 is 0. The van der Waals surface area contributed by atoms with Gasteiger partial charge in [0.15, 0.2) is 0 Å². The quantitative estimate of drug-likeness (QED) is 0.292. The lowest BCUT2D eigenvalue weighted by Gasteiger charge is -2.14. The van der Waals surface area contributed by atoms with Crippen LogP contribution in [0.5, 0.6) is 0 Å². The second-order valence-corrected chi connectivity index (χ2v) is 4.42. The molecule has 0 radical (unpaired) electrons. The number of hydrogen-bond donors (Lipinski definition) is 0. The van der Waals surface area contributed by atoms with Gasteiger partial charge in [-0.2, -0.15) is 0 Å². The lowest BCUT2D eigenvalue weighted by molar-refractivity contribution is -0.155. The Morgan fingerprint density at radius 2 is 1.54 bits per heavy atom. The zero-order valence-electron chi connectivity index (χ0n) is 6.80. The van der Waals surface area contributed by atoms with Crippen LogP contribution in [-0.2, 0) is 19.1 Å². The summed E-state index contributed by atoms with van der Waals surface area (Å²) in [5.41, 5.74) is 0. The maximum atomic E-state index is 11.3. The van der Waals surface area contributed by atoms with E-state index in [0.29, 0.717) is 0 Å². The molecule has 0 spiro atoms. The van der Waals surface area contributed by atoms with Gasteiger partial charge in [-0.05, 0) is 6.42 Å². The zero-order chi connectivity index (χ0) is 8.74. The van der Waals surface area contributed by atoms with Crippen molar-refractivity contribution in [3.05, 3.63) is 0 Å². The van der Waals surface area contributed by atoms with Gasteiger partial charge in [-0.3, -0.25) is 9.59 Å². The number of hydrogen-bond acceptors (Lipinski definition) is 4. The van der Waals surface area contributed by atoms with Crippen LogP contribution in [0.25, 0.3) is 0 Å². The first-order valence-corrected chi connectivity index (χ1v) is 4.68. The summed E-state index contributed by atoms with van der Waals surface area (Å²) in [5.74, 6) is -0.395. The van der Waals surface area contributed by atoms with E-state index in [2.05, 4.69) is 4.74 Å². The molecule has 13 heavy (non-hydrogen) atoms. The van der Waals surface area contributed by atoms with E-state index >= 15 is 0 Å². The molecule has 2 aliphatic carbocycles. The summed E-state index contributed by atoms with van der Waals surface area (Å²) in [4.78, 5) is 22.6. The summed E-state index contributed by atoms with van der Waals surface area (Å²) < 4.78 is 10.1. The number of fused-ring (bicyclic) bond motifs is 8. The number of rotatable bonds is 0. The highest BCUT2D eigenvalue weighted by atomic mass is 16.6. The molecule has 0 aromatic carbocycles. The fourth-order valence-corrected chi connectivity index (χ4v) is 3.52. The van der Waals surface area contributed by atoms with Gasteiger partial charge in [0.25, 0.3) is 0 Å². The number of cyclic esters (lactones) is 2. The molecule has 4 heteroatoms. The Morgan fingerprint density at radius 3 is 2.08 bits per heavy atom. The highest BCUT2D eigenvalue weighted by molar-refractivity contribution is 5.97. The first kappa shape index (κ1) is 6.54. The van der Waals surface area contributed by atoms with Crippen LogP contribution in [-0.4, -0.2) is 24.1 Å². The van der Waals surface area contributed by atoms with E-state index in [4.69, 9.17) is 4.74 Å². The molecule has 2 heterocycles. The SMILES string of the molecule is O=C1OC(=O)[C@H]2[C@@H]1[C@@H]1C[C@H]2C2OC21. The minimum atomic E-state index is -0.309. The minimum Gasteiger partial charge on any atom is -0.393 e. The van der Waals surface area contributed by atoms with E-state index in [0.717, 1.165) is 6.42 Å². The molecule has 0 aromatic heterocycles. The summed E-state index contributed by atoms with van der Waals surface area (Å²) in [6, 6.07) is 0. The van der Waals surface area contributed by atoms with Crippen LogP contribution < -0.4 is 0 Å². The lowest BCUT2D eigenvalue weighted by atomic mass is 9.81. The van der Waals surface area contributed by atoms with Gasteiger partial charge in [0.2, 0.25) is 0 Å². The minimum absolute atomic E-state index is 0.166. The second kappa shape index (κ2) is 1.66. The average molecular weight is 180 g/mol.